The van der Waals surface area contributed by atoms with E-state index in [0.717, 1.165) is 0 Å². The minimum atomic E-state index is -0.486. The van der Waals surface area contributed by atoms with Gasteiger partial charge < -0.3 is 9.84 Å². The number of aliphatic hydroxyl groups is 1. The van der Waals surface area contributed by atoms with Crippen LogP contribution in [0.5, 0.6) is 0 Å². The fourth-order valence-corrected chi connectivity index (χ4v) is 0.766. The molecule has 0 saturated carbocycles. The molecule has 0 radical (unpaired) electrons. The van der Waals surface area contributed by atoms with Gasteiger partial charge in [0.15, 0.2) is 5.56 Å². The molecule has 3 heteroatoms. The van der Waals surface area contributed by atoms with Crippen molar-refractivity contribution in [2.24, 2.45) is 0 Å². The van der Waals surface area contributed by atoms with Gasteiger partial charge in [-0.2, -0.15) is 0 Å². The lowest BCUT2D eigenvalue weighted by atomic mass is 10.2. The van der Waals surface area contributed by atoms with Crippen molar-refractivity contribution in [3.63, 3.8) is 0 Å². The van der Waals surface area contributed by atoms with E-state index in [1.54, 1.807) is 12.2 Å². The quantitative estimate of drug-likeness (QED) is 0.560. The van der Waals surface area contributed by atoms with E-state index in [9.17, 15) is 0 Å². The lowest BCUT2D eigenvalue weighted by molar-refractivity contribution is 0.215. The molecule has 0 amide bonds. The third kappa shape index (κ3) is 1.47. The van der Waals surface area contributed by atoms with E-state index in [1.807, 2.05) is 0 Å². The SMILES string of the molecule is OCC1=CC=COC1Cl. The summed E-state index contributed by atoms with van der Waals surface area (Å²) in [7, 11) is 0. The molecule has 0 aromatic heterocycles. The van der Waals surface area contributed by atoms with Crippen molar-refractivity contribution < 1.29 is 9.84 Å². The summed E-state index contributed by atoms with van der Waals surface area (Å²) in [4.78, 5) is 0. The molecule has 1 aliphatic heterocycles. The topological polar surface area (TPSA) is 29.5 Å². The molecule has 50 valence electrons. The lowest BCUT2D eigenvalue weighted by Crippen LogP contribution is -2.10. The first kappa shape index (κ1) is 6.65. The molecule has 1 heterocycles. The van der Waals surface area contributed by atoms with Crippen LogP contribution in [-0.2, 0) is 4.74 Å². The molecular formula is C6H7ClO2. The summed E-state index contributed by atoms with van der Waals surface area (Å²) in [6, 6.07) is 0. The van der Waals surface area contributed by atoms with Gasteiger partial charge in [0.05, 0.1) is 12.9 Å². The molecule has 1 aliphatic rings. The van der Waals surface area contributed by atoms with Gasteiger partial charge in [-0.15, -0.1) is 0 Å². The van der Waals surface area contributed by atoms with E-state index < -0.39 is 5.56 Å². The number of rotatable bonds is 1. The number of aliphatic hydroxyl groups excluding tert-OH is 1. The van der Waals surface area contributed by atoms with Gasteiger partial charge in [0.1, 0.15) is 0 Å². The highest BCUT2D eigenvalue weighted by Gasteiger charge is 2.10. The molecule has 1 rings (SSSR count). The van der Waals surface area contributed by atoms with Crippen LogP contribution in [0.3, 0.4) is 0 Å². The maximum Gasteiger partial charge on any atom is 0.195 e. The average molecular weight is 147 g/mol. The van der Waals surface area contributed by atoms with Gasteiger partial charge in [-0.05, 0) is 6.08 Å². The van der Waals surface area contributed by atoms with Crippen molar-refractivity contribution in [2.45, 2.75) is 5.56 Å². The summed E-state index contributed by atoms with van der Waals surface area (Å²) in [6.45, 7) is -0.0431. The Hall–Kier alpha value is -0.470. The van der Waals surface area contributed by atoms with Gasteiger partial charge in [-0.1, -0.05) is 17.7 Å². The summed E-state index contributed by atoms with van der Waals surface area (Å²) in [5.74, 6) is 0. The zero-order chi connectivity index (χ0) is 6.69. The molecule has 0 aliphatic carbocycles. The maximum absolute atomic E-state index is 8.59. The molecule has 2 nitrogen and oxygen atoms in total. The predicted octanol–water partition coefficient (Wildman–Crippen LogP) is 1.01. The predicted molar refractivity (Wildman–Crippen MR) is 35.0 cm³/mol. The zero-order valence-corrected chi connectivity index (χ0v) is 5.51. The highest BCUT2D eigenvalue weighted by Crippen LogP contribution is 2.14. The van der Waals surface area contributed by atoms with Crippen LogP contribution < -0.4 is 0 Å². The summed E-state index contributed by atoms with van der Waals surface area (Å²) in [5, 5.41) is 8.59. The minimum absolute atomic E-state index is 0.0431. The Labute approximate surface area is 58.4 Å². The van der Waals surface area contributed by atoms with E-state index in [0.29, 0.717) is 5.57 Å². The second kappa shape index (κ2) is 2.90. The Bertz CT molecular complexity index is 151. The Kier molecular flexibility index (Phi) is 2.14. The minimum Gasteiger partial charge on any atom is -0.478 e. The second-order valence-electron chi connectivity index (χ2n) is 1.68. The van der Waals surface area contributed by atoms with E-state index >= 15 is 0 Å². The molecule has 0 fully saturated rings. The van der Waals surface area contributed by atoms with Crippen molar-refractivity contribution >= 4 is 11.6 Å². The average Bonchev–Trinajstić information content (AvgIpc) is 1.89. The highest BCUT2D eigenvalue weighted by atomic mass is 35.5. The maximum atomic E-state index is 8.59. The summed E-state index contributed by atoms with van der Waals surface area (Å²) in [6.07, 6.45) is 4.93. The fraction of sp³-hybridized carbons (Fsp3) is 0.333. The van der Waals surface area contributed by atoms with Gasteiger partial charge in [0, 0.05) is 5.57 Å². The van der Waals surface area contributed by atoms with Crippen LogP contribution >= 0.6 is 11.6 Å². The van der Waals surface area contributed by atoms with Gasteiger partial charge in [0.25, 0.3) is 0 Å². The van der Waals surface area contributed by atoms with Crippen LogP contribution in [0.1, 0.15) is 0 Å². The molecule has 9 heavy (non-hydrogen) atoms. The van der Waals surface area contributed by atoms with Gasteiger partial charge in [0.2, 0.25) is 0 Å². The van der Waals surface area contributed by atoms with Crippen molar-refractivity contribution in [2.75, 3.05) is 6.61 Å². The first-order valence-electron chi connectivity index (χ1n) is 2.60. The Morgan fingerprint density at radius 2 is 2.56 bits per heavy atom. The zero-order valence-electron chi connectivity index (χ0n) is 4.75. The molecule has 0 aromatic carbocycles. The number of hydrogen-bond donors (Lipinski definition) is 1. The number of hydrogen-bond acceptors (Lipinski definition) is 2. The first-order chi connectivity index (χ1) is 4.34. The fourth-order valence-electron chi connectivity index (χ4n) is 0.565. The molecule has 0 saturated heterocycles. The Balaban J connectivity index is 2.63. The van der Waals surface area contributed by atoms with Crippen LogP contribution in [-0.4, -0.2) is 17.3 Å². The van der Waals surface area contributed by atoms with E-state index in [1.165, 1.54) is 6.26 Å². The number of halogens is 1. The Morgan fingerprint density at radius 3 is 3.00 bits per heavy atom. The van der Waals surface area contributed by atoms with Crippen LogP contribution in [0.4, 0.5) is 0 Å². The van der Waals surface area contributed by atoms with Crippen molar-refractivity contribution in [1.82, 2.24) is 0 Å². The second-order valence-corrected chi connectivity index (χ2v) is 2.08. The largest absolute Gasteiger partial charge is 0.478 e. The summed E-state index contributed by atoms with van der Waals surface area (Å²) >= 11 is 5.58. The number of alkyl halides is 1. The molecular weight excluding hydrogens is 140 g/mol. The van der Waals surface area contributed by atoms with Crippen LogP contribution in [0, 0.1) is 0 Å². The third-order valence-corrected chi connectivity index (χ3v) is 1.44. The lowest BCUT2D eigenvalue weighted by Gasteiger charge is -2.13. The van der Waals surface area contributed by atoms with Crippen LogP contribution in [0.2, 0.25) is 0 Å². The monoisotopic (exact) mass is 146 g/mol. The molecule has 1 N–H and O–H groups in total. The third-order valence-electron chi connectivity index (χ3n) is 1.06. The van der Waals surface area contributed by atoms with E-state index in [4.69, 9.17) is 21.4 Å². The Morgan fingerprint density at radius 1 is 1.78 bits per heavy atom. The normalized spacial score (nSPS) is 25.1. The van der Waals surface area contributed by atoms with Crippen LogP contribution in [0.25, 0.3) is 0 Å². The van der Waals surface area contributed by atoms with Gasteiger partial charge >= 0.3 is 0 Å². The van der Waals surface area contributed by atoms with Gasteiger partial charge in [-0.3, -0.25) is 0 Å². The molecule has 0 bridgehead atoms. The number of ether oxygens (including phenoxy) is 1. The van der Waals surface area contributed by atoms with Crippen molar-refractivity contribution in [3.05, 3.63) is 24.0 Å². The highest BCUT2D eigenvalue weighted by molar-refractivity contribution is 6.21. The molecule has 1 atom stereocenters. The molecule has 0 aromatic rings. The van der Waals surface area contributed by atoms with Crippen molar-refractivity contribution in [1.29, 1.82) is 0 Å². The summed E-state index contributed by atoms with van der Waals surface area (Å²) in [5.41, 5.74) is 0.208. The molecule has 1 unspecified atom stereocenters. The van der Waals surface area contributed by atoms with E-state index in [-0.39, 0.29) is 6.61 Å². The van der Waals surface area contributed by atoms with Crippen LogP contribution in [0.15, 0.2) is 24.0 Å². The number of allylic oxidation sites excluding steroid dienone is 2. The smallest absolute Gasteiger partial charge is 0.195 e. The van der Waals surface area contributed by atoms with Crippen molar-refractivity contribution in [3.8, 4) is 0 Å². The molecule has 0 spiro atoms. The van der Waals surface area contributed by atoms with Gasteiger partial charge in [-0.25, -0.2) is 0 Å². The first-order valence-corrected chi connectivity index (χ1v) is 3.04. The standard InChI is InChI=1S/C6H7ClO2/c7-6-5(4-8)2-1-3-9-6/h1-3,6,8H,4H2. The summed E-state index contributed by atoms with van der Waals surface area (Å²) < 4.78 is 4.84. The van der Waals surface area contributed by atoms with E-state index in [2.05, 4.69) is 0 Å².